The maximum absolute atomic E-state index is 11.2. The van der Waals surface area contributed by atoms with E-state index >= 15 is 0 Å². The van der Waals surface area contributed by atoms with Crippen LogP contribution in [0.5, 0.6) is 0 Å². The van der Waals surface area contributed by atoms with Gasteiger partial charge in [-0.15, -0.1) is 0 Å². The maximum Gasteiger partial charge on any atom is 0.144 e. The summed E-state index contributed by atoms with van der Waals surface area (Å²) >= 11 is 0. The highest BCUT2D eigenvalue weighted by molar-refractivity contribution is 5.80. The van der Waals surface area contributed by atoms with Crippen LogP contribution in [0.2, 0.25) is 0 Å². The lowest BCUT2D eigenvalue weighted by atomic mass is 9.74. The second-order valence-corrected chi connectivity index (χ2v) is 23.1. The van der Waals surface area contributed by atoms with Gasteiger partial charge in [0.2, 0.25) is 0 Å². The highest BCUT2D eigenvalue weighted by atomic mass is 127. The van der Waals surface area contributed by atoms with E-state index in [4.69, 9.17) is 0 Å². The van der Waals surface area contributed by atoms with Crippen molar-refractivity contribution >= 4 is 5.78 Å². The molecule has 2 aliphatic carbocycles. The number of hydrogen-bond acceptors (Lipinski definition) is 3. The quantitative estimate of drug-likeness (QED) is 0.189. The molecule has 60 heavy (non-hydrogen) atoms. The van der Waals surface area contributed by atoms with Crippen LogP contribution in [0.25, 0.3) is 0 Å². The van der Waals surface area contributed by atoms with E-state index in [1.54, 1.807) is 0 Å². The van der Waals surface area contributed by atoms with Crippen LogP contribution in [0.1, 0.15) is 154 Å². The molecule has 0 radical (unpaired) electrons. The lowest BCUT2D eigenvalue weighted by Crippen LogP contribution is -3.00. The Balaban J connectivity index is 0.000000370. The van der Waals surface area contributed by atoms with Crippen LogP contribution in [0.4, 0.5) is 0 Å². The third-order valence-electron chi connectivity index (χ3n) is 17.2. The molecular weight excluding hydrogens is 1200 g/mol. The summed E-state index contributed by atoms with van der Waals surface area (Å²) in [6.07, 6.45) is 34.4. The van der Waals surface area contributed by atoms with Crippen molar-refractivity contribution in [2.24, 2.45) is 17.8 Å². The van der Waals surface area contributed by atoms with Gasteiger partial charge >= 0.3 is 0 Å². The molecule has 9 aliphatic rings. The molecule has 9 rings (SSSR count). The number of carbonyl (C=O) groups is 1. The zero-order valence-corrected chi connectivity index (χ0v) is 49.4. The molecule has 0 spiro atoms. The lowest BCUT2D eigenvalue weighted by molar-refractivity contribution is -0.926. The van der Waals surface area contributed by atoms with Gasteiger partial charge in [-0.1, -0.05) is 32.1 Å². The fourth-order valence-electron chi connectivity index (χ4n) is 13.3. The lowest BCUT2D eigenvalue weighted by Gasteiger charge is -2.48. The van der Waals surface area contributed by atoms with Gasteiger partial charge in [0.05, 0.1) is 126 Å². The largest absolute Gasteiger partial charge is 1.00 e. The van der Waals surface area contributed by atoms with Crippen LogP contribution in [-0.2, 0) is 4.79 Å². The van der Waals surface area contributed by atoms with Crippen molar-refractivity contribution in [3.8, 4) is 0 Å². The summed E-state index contributed by atoms with van der Waals surface area (Å²) in [5, 5.41) is 0. The summed E-state index contributed by atoms with van der Waals surface area (Å²) in [6.45, 7) is 11.1. The summed E-state index contributed by atoms with van der Waals surface area (Å²) in [4.78, 5) is 16.4. The number of quaternary nitrogens is 4. The van der Waals surface area contributed by atoms with E-state index in [1.807, 2.05) is 0 Å². The highest BCUT2D eigenvalue weighted by Crippen LogP contribution is 2.39. The van der Waals surface area contributed by atoms with E-state index in [0.29, 0.717) is 17.9 Å². The molecular formula is C49H98I4N6O. The van der Waals surface area contributed by atoms with E-state index in [-0.39, 0.29) is 95.9 Å². The Bertz CT molecular complexity index is 1160. The van der Waals surface area contributed by atoms with Crippen molar-refractivity contribution in [1.29, 1.82) is 0 Å². The molecule has 11 heteroatoms. The number of carbonyl (C=O) groups excluding carboxylic acids is 1. The number of piperidine rings is 3. The second-order valence-electron chi connectivity index (χ2n) is 23.1. The minimum absolute atomic E-state index is 0. The first kappa shape index (κ1) is 60.4. The summed E-state index contributed by atoms with van der Waals surface area (Å²) in [5.74, 6) is 3.74. The number of hydrogen-bond donors (Lipinski definition) is 0. The van der Waals surface area contributed by atoms with Gasteiger partial charge in [0.25, 0.3) is 0 Å². The molecule has 0 aromatic carbocycles. The van der Waals surface area contributed by atoms with E-state index in [9.17, 15) is 4.79 Å². The SMILES string of the molecule is CN1CCCN2CCCCCC12.C[N+]1(C)C2CCC1CC(=O)C2.C[N+]1(C)CCC2CCCCC2C1.C[N+]1(C)CCCC2CCCCC21.C[N+]1(C)CCCCCC1.[I-].[I-].[I-].[I-]. The van der Waals surface area contributed by atoms with Crippen LogP contribution in [0.3, 0.4) is 0 Å². The van der Waals surface area contributed by atoms with Gasteiger partial charge in [-0.3, -0.25) is 14.6 Å². The number of Topliss-reactive ketones (excluding diaryl/α,β-unsaturated/α-hetero) is 1. The first-order chi connectivity index (χ1) is 26.6. The molecule has 2 bridgehead atoms. The van der Waals surface area contributed by atoms with Gasteiger partial charge in [-0.25, -0.2) is 0 Å². The number of likely N-dealkylation sites (tertiary alicyclic amines) is 3. The third kappa shape index (κ3) is 18.8. The third-order valence-corrected chi connectivity index (χ3v) is 17.2. The van der Waals surface area contributed by atoms with Crippen LogP contribution < -0.4 is 95.9 Å². The smallest absolute Gasteiger partial charge is 0.144 e. The molecule has 7 unspecified atom stereocenters. The minimum atomic E-state index is 0. The molecule has 7 aliphatic heterocycles. The number of rotatable bonds is 0. The monoisotopic (exact) mass is 1290 g/mol. The molecule has 0 aromatic heterocycles. The number of nitrogens with zero attached hydrogens (tertiary/aromatic N) is 6. The van der Waals surface area contributed by atoms with E-state index in [1.165, 1.54) is 207 Å². The van der Waals surface area contributed by atoms with Crippen LogP contribution in [0.15, 0.2) is 0 Å². The Morgan fingerprint density at radius 2 is 0.967 bits per heavy atom. The summed E-state index contributed by atoms with van der Waals surface area (Å²) in [7, 11) is 21.2. The van der Waals surface area contributed by atoms with Crippen molar-refractivity contribution in [3.05, 3.63) is 0 Å². The second kappa shape index (κ2) is 28.6. The highest BCUT2D eigenvalue weighted by Gasteiger charge is 2.48. The molecule has 0 N–H and O–H groups in total. The normalized spacial score (nSPS) is 34.7. The Morgan fingerprint density at radius 1 is 0.450 bits per heavy atom. The van der Waals surface area contributed by atoms with Crippen molar-refractivity contribution in [2.45, 2.75) is 178 Å². The Kier molecular flexibility index (Phi) is 28.8. The number of ketones is 1. The average molecular weight is 1290 g/mol. The minimum Gasteiger partial charge on any atom is -1.00 e. The fraction of sp³-hybridized carbons (Fsp3) is 0.980. The molecule has 2 saturated carbocycles. The van der Waals surface area contributed by atoms with Gasteiger partial charge in [0.1, 0.15) is 5.78 Å². The Hall–Kier alpha value is 2.35. The summed E-state index contributed by atoms with van der Waals surface area (Å²) < 4.78 is 4.94. The molecule has 7 nitrogen and oxygen atoms in total. The summed E-state index contributed by atoms with van der Waals surface area (Å²) in [5.41, 5.74) is 0. The first-order valence-electron chi connectivity index (χ1n) is 24.8. The van der Waals surface area contributed by atoms with Crippen LogP contribution in [-0.4, -0.2) is 174 Å². The van der Waals surface area contributed by atoms with Gasteiger partial charge < -0.3 is 114 Å². The molecule has 358 valence electrons. The van der Waals surface area contributed by atoms with Gasteiger partial charge in [-0.05, 0) is 116 Å². The van der Waals surface area contributed by atoms with Crippen molar-refractivity contribution in [1.82, 2.24) is 9.80 Å². The number of halogens is 4. The van der Waals surface area contributed by atoms with Gasteiger partial charge in [-0.2, -0.15) is 0 Å². The van der Waals surface area contributed by atoms with Crippen LogP contribution in [0, 0.1) is 17.8 Å². The molecule has 7 atom stereocenters. The van der Waals surface area contributed by atoms with E-state index in [0.717, 1.165) is 47.3 Å². The number of fused-ring (bicyclic) bond motifs is 5. The summed E-state index contributed by atoms with van der Waals surface area (Å²) in [6, 6.07) is 2.29. The van der Waals surface area contributed by atoms with Crippen LogP contribution >= 0.6 is 0 Å². The van der Waals surface area contributed by atoms with Gasteiger partial charge in [0.15, 0.2) is 0 Å². The zero-order valence-electron chi connectivity index (χ0n) is 40.8. The Labute approximate surface area is 441 Å². The first-order valence-corrected chi connectivity index (χ1v) is 24.8. The predicted molar refractivity (Wildman–Crippen MR) is 238 cm³/mol. The Morgan fingerprint density at radius 3 is 1.58 bits per heavy atom. The fourth-order valence-corrected chi connectivity index (χ4v) is 13.3. The standard InChI is InChI=1S/2C11H22N.C10H20N2.C9H16NO.C8H18N.4HI/c1-12(2)9-5-7-10-6-3-4-8-11(10)12;1-12(2)8-7-10-5-3-4-6-11(10)9-12;1-11-7-5-9-12-8-4-2-3-6-10(11)12;1-10(2)7-3-4-8(10)6-9(11)5-7;1-9(2)7-5-3-4-6-8-9;;;;/h2*10-11H,3-9H2,1-2H3;10H,2-9H2,1H3;7-8H,3-6H2,1-2H3;3-8H2,1-2H3;4*1H/q2*+1;;2*+1;;;;/p-4. The average Bonchev–Trinajstić information content (AvgIpc) is 3.48. The molecule has 0 aromatic rings. The predicted octanol–water partition coefficient (Wildman–Crippen LogP) is -3.18. The van der Waals surface area contributed by atoms with E-state index in [2.05, 4.69) is 73.2 Å². The topological polar surface area (TPSA) is 23.6 Å². The molecule has 7 saturated heterocycles. The van der Waals surface area contributed by atoms with Crippen molar-refractivity contribution in [2.75, 3.05) is 116 Å². The van der Waals surface area contributed by atoms with Crippen molar-refractivity contribution < 1.29 is 119 Å². The molecule has 9 fully saturated rings. The van der Waals surface area contributed by atoms with Gasteiger partial charge in [0, 0.05) is 37.8 Å². The zero-order chi connectivity index (χ0) is 40.4. The van der Waals surface area contributed by atoms with Crippen molar-refractivity contribution in [3.63, 3.8) is 0 Å². The maximum atomic E-state index is 11.2. The molecule has 7 heterocycles. The van der Waals surface area contributed by atoms with E-state index < -0.39 is 0 Å². The molecule has 0 amide bonds.